The van der Waals surface area contributed by atoms with Gasteiger partial charge in [-0.1, -0.05) is 0 Å². The standard InChI is InChI=1S/C11H15N3OS/c12-10-6-8(3-4-13-10)11(15)14-7-9-2-1-5-16-9/h3-4,6,9H,1-2,5,7H2,(H2,12,13)(H,14,15). The number of rotatable bonds is 3. The number of carbonyl (C=O) groups is 1. The van der Waals surface area contributed by atoms with E-state index in [0.29, 0.717) is 16.6 Å². The molecule has 1 fully saturated rings. The highest BCUT2D eigenvalue weighted by molar-refractivity contribution is 8.00. The van der Waals surface area contributed by atoms with Crippen LogP contribution in [0.15, 0.2) is 18.3 Å². The Hall–Kier alpha value is -1.23. The first-order valence-corrected chi connectivity index (χ1v) is 6.42. The van der Waals surface area contributed by atoms with Crippen LogP contribution in [-0.2, 0) is 0 Å². The molecule has 2 rings (SSSR count). The van der Waals surface area contributed by atoms with Gasteiger partial charge in [0, 0.05) is 23.6 Å². The molecular formula is C11H15N3OS. The first-order chi connectivity index (χ1) is 7.75. The average Bonchev–Trinajstić information content (AvgIpc) is 2.78. The molecule has 1 aliphatic rings. The van der Waals surface area contributed by atoms with Crippen molar-refractivity contribution in [3.8, 4) is 0 Å². The predicted octanol–water partition coefficient (Wildman–Crippen LogP) is 1.29. The fourth-order valence-corrected chi connectivity index (χ4v) is 2.90. The normalized spacial score (nSPS) is 19.6. The number of aromatic nitrogens is 1. The van der Waals surface area contributed by atoms with E-state index in [9.17, 15) is 4.79 Å². The number of hydrogen-bond acceptors (Lipinski definition) is 4. The van der Waals surface area contributed by atoms with Gasteiger partial charge in [0.05, 0.1) is 0 Å². The van der Waals surface area contributed by atoms with Gasteiger partial charge in [-0.15, -0.1) is 0 Å². The van der Waals surface area contributed by atoms with Crippen molar-refractivity contribution in [2.75, 3.05) is 18.0 Å². The van der Waals surface area contributed by atoms with Gasteiger partial charge in [-0.05, 0) is 30.7 Å². The van der Waals surface area contributed by atoms with Gasteiger partial charge in [0.1, 0.15) is 5.82 Å². The summed E-state index contributed by atoms with van der Waals surface area (Å²) in [6.07, 6.45) is 4.01. The summed E-state index contributed by atoms with van der Waals surface area (Å²) in [5.41, 5.74) is 6.10. The molecular weight excluding hydrogens is 222 g/mol. The monoisotopic (exact) mass is 237 g/mol. The second kappa shape index (κ2) is 5.21. The van der Waals surface area contributed by atoms with Gasteiger partial charge in [-0.25, -0.2) is 4.98 Å². The molecule has 1 aromatic rings. The van der Waals surface area contributed by atoms with E-state index < -0.39 is 0 Å². The lowest BCUT2D eigenvalue weighted by Crippen LogP contribution is -2.29. The first kappa shape index (κ1) is 11.3. The number of nitrogen functional groups attached to an aromatic ring is 1. The molecule has 2 heterocycles. The van der Waals surface area contributed by atoms with Crippen molar-refractivity contribution in [1.29, 1.82) is 0 Å². The summed E-state index contributed by atoms with van der Waals surface area (Å²) in [6.45, 7) is 0.742. The van der Waals surface area contributed by atoms with Gasteiger partial charge < -0.3 is 11.1 Å². The van der Waals surface area contributed by atoms with Crippen LogP contribution >= 0.6 is 11.8 Å². The van der Waals surface area contributed by atoms with Crippen molar-refractivity contribution in [2.45, 2.75) is 18.1 Å². The van der Waals surface area contributed by atoms with E-state index in [-0.39, 0.29) is 5.91 Å². The number of carbonyl (C=O) groups excluding carboxylic acids is 1. The third-order valence-corrected chi connectivity index (χ3v) is 3.96. The smallest absolute Gasteiger partial charge is 0.251 e. The van der Waals surface area contributed by atoms with Gasteiger partial charge in [0.15, 0.2) is 0 Å². The Bertz CT molecular complexity index is 377. The summed E-state index contributed by atoms with van der Waals surface area (Å²) in [6, 6.07) is 3.27. The topological polar surface area (TPSA) is 68.0 Å². The van der Waals surface area contributed by atoms with Crippen LogP contribution < -0.4 is 11.1 Å². The molecule has 0 spiro atoms. The van der Waals surface area contributed by atoms with E-state index >= 15 is 0 Å². The van der Waals surface area contributed by atoms with Crippen molar-refractivity contribution in [1.82, 2.24) is 10.3 Å². The van der Waals surface area contributed by atoms with Gasteiger partial charge in [-0.2, -0.15) is 11.8 Å². The van der Waals surface area contributed by atoms with E-state index in [1.165, 1.54) is 18.6 Å². The SMILES string of the molecule is Nc1cc(C(=O)NCC2CCCS2)ccn1. The van der Waals surface area contributed by atoms with E-state index in [1.54, 1.807) is 18.3 Å². The van der Waals surface area contributed by atoms with Gasteiger partial charge >= 0.3 is 0 Å². The Kier molecular flexibility index (Phi) is 3.66. The lowest BCUT2D eigenvalue weighted by molar-refractivity contribution is 0.0953. The molecule has 1 unspecified atom stereocenters. The molecule has 1 amide bonds. The van der Waals surface area contributed by atoms with Crippen molar-refractivity contribution < 1.29 is 4.79 Å². The van der Waals surface area contributed by atoms with Crippen LogP contribution in [0.3, 0.4) is 0 Å². The summed E-state index contributed by atoms with van der Waals surface area (Å²) < 4.78 is 0. The molecule has 0 aromatic carbocycles. The van der Waals surface area contributed by atoms with Crippen LogP contribution in [-0.4, -0.2) is 28.4 Å². The Morgan fingerprint density at radius 3 is 3.25 bits per heavy atom. The fraction of sp³-hybridized carbons (Fsp3) is 0.455. The minimum Gasteiger partial charge on any atom is -0.384 e. The number of pyridine rings is 1. The lowest BCUT2D eigenvalue weighted by Gasteiger charge is -2.10. The highest BCUT2D eigenvalue weighted by Gasteiger charge is 2.16. The summed E-state index contributed by atoms with van der Waals surface area (Å²) >= 11 is 1.93. The molecule has 0 radical (unpaired) electrons. The van der Waals surface area contributed by atoms with Gasteiger partial charge in [0.2, 0.25) is 0 Å². The van der Waals surface area contributed by atoms with E-state index in [1.807, 2.05) is 11.8 Å². The number of nitrogens with zero attached hydrogens (tertiary/aromatic N) is 1. The Balaban J connectivity index is 1.87. The molecule has 3 N–H and O–H groups in total. The van der Waals surface area contributed by atoms with E-state index in [0.717, 1.165) is 6.54 Å². The minimum atomic E-state index is -0.0680. The molecule has 1 aliphatic heterocycles. The Morgan fingerprint density at radius 1 is 1.69 bits per heavy atom. The quantitative estimate of drug-likeness (QED) is 0.831. The largest absolute Gasteiger partial charge is 0.384 e. The summed E-state index contributed by atoms with van der Waals surface area (Å²) in [7, 11) is 0. The first-order valence-electron chi connectivity index (χ1n) is 5.37. The average molecular weight is 237 g/mol. The van der Waals surface area contributed by atoms with Gasteiger partial charge in [0.25, 0.3) is 5.91 Å². The number of thioether (sulfide) groups is 1. The fourth-order valence-electron chi connectivity index (χ4n) is 1.70. The zero-order valence-corrected chi connectivity index (χ0v) is 9.80. The van der Waals surface area contributed by atoms with Crippen molar-refractivity contribution in [3.05, 3.63) is 23.9 Å². The third-order valence-electron chi connectivity index (χ3n) is 2.56. The van der Waals surface area contributed by atoms with Gasteiger partial charge in [-0.3, -0.25) is 4.79 Å². The number of nitrogens with two attached hydrogens (primary N) is 1. The highest BCUT2D eigenvalue weighted by Crippen LogP contribution is 2.25. The number of amides is 1. The van der Waals surface area contributed by atoms with Crippen LogP contribution in [0.1, 0.15) is 23.2 Å². The molecule has 0 bridgehead atoms. The Morgan fingerprint density at radius 2 is 2.56 bits per heavy atom. The molecule has 0 aliphatic carbocycles. The molecule has 16 heavy (non-hydrogen) atoms. The number of hydrogen-bond donors (Lipinski definition) is 2. The summed E-state index contributed by atoms with van der Waals surface area (Å²) in [5.74, 6) is 1.52. The van der Waals surface area contributed by atoms with Crippen LogP contribution in [0.4, 0.5) is 5.82 Å². The highest BCUT2D eigenvalue weighted by atomic mass is 32.2. The van der Waals surface area contributed by atoms with E-state index in [4.69, 9.17) is 5.73 Å². The van der Waals surface area contributed by atoms with Crippen LogP contribution in [0.25, 0.3) is 0 Å². The maximum Gasteiger partial charge on any atom is 0.251 e. The second-order valence-electron chi connectivity index (χ2n) is 3.81. The maximum atomic E-state index is 11.7. The van der Waals surface area contributed by atoms with Crippen LogP contribution in [0.5, 0.6) is 0 Å². The molecule has 0 saturated carbocycles. The number of nitrogens with one attached hydrogen (secondary N) is 1. The maximum absolute atomic E-state index is 11.7. The zero-order chi connectivity index (χ0) is 11.4. The lowest BCUT2D eigenvalue weighted by atomic mass is 10.2. The third kappa shape index (κ3) is 2.88. The number of anilines is 1. The van der Waals surface area contributed by atoms with Crippen LogP contribution in [0.2, 0.25) is 0 Å². The van der Waals surface area contributed by atoms with Crippen molar-refractivity contribution in [2.24, 2.45) is 0 Å². The second-order valence-corrected chi connectivity index (χ2v) is 5.22. The summed E-state index contributed by atoms with van der Waals surface area (Å²) in [5, 5.41) is 3.50. The van der Waals surface area contributed by atoms with Crippen LogP contribution in [0, 0.1) is 0 Å². The molecule has 86 valence electrons. The van der Waals surface area contributed by atoms with Crippen molar-refractivity contribution >= 4 is 23.5 Å². The molecule has 1 saturated heterocycles. The molecule has 5 heteroatoms. The van der Waals surface area contributed by atoms with Crippen molar-refractivity contribution in [3.63, 3.8) is 0 Å². The molecule has 1 atom stereocenters. The predicted molar refractivity (Wildman–Crippen MR) is 66.5 cm³/mol. The molecule has 1 aromatic heterocycles. The summed E-state index contributed by atoms with van der Waals surface area (Å²) in [4.78, 5) is 15.6. The van der Waals surface area contributed by atoms with E-state index in [2.05, 4.69) is 10.3 Å². The Labute approximate surface area is 99.0 Å². The molecule has 4 nitrogen and oxygen atoms in total. The zero-order valence-electron chi connectivity index (χ0n) is 8.98. The minimum absolute atomic E-state index is 0.0680.